The number of nitrogens with two attached hydrogens (primary N) is 1. The molecule has 2 heterocycles. The average Bonchev–Trinajstić information content (AvgIpc) is 3.50. The number of hydroxylamine groups is 2. The number of para-hydroxylation sites is 1. The topological polar surface area (TPSA) is 124 Å². The van der Waals surface area contributed by atoms with E-state index in [4.69, 9.17) is 15.3 Å². The van der Waals surface area contributed by atoms with E-state index in [2.05, 4.69) is 93.8 Å². The molecule has 10 heteroatoms. The van der Waals surface area contributed by atoms with Crippen LogP contribution in [0, 0.1) is 29.1 Å². The van der Waals surface area contributed by atoms with Gasteiger partial charge in [-0.3, -0.25) is 9.63 Å². The number of ether oxygens (including phenoxy) is 1. The van der Waals surface area contributed by atoms with Crippen LogP contribution < -0.4 is 31.3 Å². The van der Waals surface area contributed by atoms with Gasteiger partial charge in [-0.2, -0.15) is 5.06 Å². The molecular formula is C42H68N6O4. The largest absolute Gasteiger partial charge is 0.496 e. The summed E-state index contributed by atoms with van der Waals surface area (Å²) in [6.45, 7) is 16.6. The molecule has 10 nitrogen and oxygen atoms in total. The van der Waals surface area contributed by atoms with Crippen molar-refractivity contribution >= 4 is 11.6 Å². The predicted molar refractivity (Wildman–Crippen MR) is 211 cm³/mol. The van der Waals surface area contributed by atoms with Gasteiger partial charge in [0.15, 0.2) is 0 Å². The molecule has 2 aromatic carbocycles. The van der Waals surface area contributed by atoms with Crippen LogP contribution in [0.25, 0.3) is 11.1 Å². The standard InChI is InChI=1S/C42H68N6O4/c1-26-19-36(27(2)28(3)42(26,5)6)46-41(50)39-38(29(4)49)37(23-43)52-48(39)25-31-13-12-15-35(40(31)51-9)32-20-30(21-34(22-32)47(7)8)24-44-18-16-33-14-10-11-17-45-33/h12-13,15,20-22,26-29,33,36-39,44-45,49H,10-11,14,16-19,23-25,43H2,1-9H3,(H,46,50)/t26-,27+,28+,29+,33?,36+,37+,38-,39+/m1/s1. The first-order valence-corrected chi connectivity index (χ1v) is 19.8. The number of carbonyl (C=O) groups excluding carboxylic acids is 1. The number of aliphatic hydroxyl groups excluding tert-OH is 1. The minimum atomic E-state index is -0.789. The summed E-state index contributed by atoms with van der Waals surface area (Å²) in [6.07, 6.45) is 4.61. The molecule has 0 radical (unpaired) electrons. The Kier molecular flexibility index (Phi) is 13.7. The normalized spacial score (nSPS) is 29.8. The number of anilines is 1. The van der Waals surface area contributed by atoms with Crippen molar-refractivity contribution < 1.29 is 19.5 Å². The summed E-state index contributed by atoms with van der Waals surface area (Å²) in [6, 6.07) is 12.8. The molecule has 1 amide bonds. The Hall–Kier alpha value is -2.73. The lowest BCUT2D eigenvalue weighted by Crippen LogP contribution is -2.56. The Bertz CT molecular complexity index is 1480. The number of nitrogens with one attached hydrogen (secondary N) is 3. The van der Waals surface area contributed by atoms with Crippen molar-refractivity contribution in [3.8, 4) is 16.9 Å². The molecule has 2 aromatic rings. The van der Waals surface area contributed by atoms with Crippen LogP contribution in [0.4, 0.5) is 5.69 Å². The molecule has 6 N–H and O–H groups in total. The van der Waals surface area contributed by atoms with Crippen LogP contribution in [0.15, 0.2) is 36.4 Å². The SMILES string of the molecule is COc1c(CN2O[C@@H](CN)[C@@H]([C@H](C)O)[C@H]2C(=O)N[C@H]2C[C@@H](C)C(C)(C)[C@@H](C)[C@@H]2C)cccc1-c1cc(CNCCC2CCCCN2)cc(N(C)C)c1. The molecule has 0 bridgehead atoms. The third-order valence-electron chi connectivity index (χ3n) is 13.1. The molecule has 290 valence electrons. The van der Waals surface area contributed by atoms with E-state index in [-0.39, 0.29) is 23.9 Å². The van der Waals surface area contributed by atoms with Gasteiger partial charge in [0.05, 0.1) is 25.9 Å². The van der Waals surface area contributed by atoms with E-state index in [0.717, 1.165) is 60.6 Å². The third kappa shape index (κ3) is 8.96. The van der Waals surface area contributed by atoms with Crippen LogP contribution >= 0.6 is 0 Å². The Balaban J connectivity index is 1.39. The summed E-state index contributed by atoms with van der Waals surface area (Å²) < 4.78 is 6.16. The van der Waals surface area contributed by atoms with Crippen molar-refractivity contribution in [1.82, 2.24) is 21.0 Å². The van der Waals surface area contributed by atoms with E-state index in [9.17, 15) is 9.90 Å². The summed E-state index contributed by atoms with van der Waals surface area (Å²) in [5.74, 6) is 1.34. The first-order chi connectivity index (χ1) is 24.8. The number of piperidine rings is 1. The fraction of sp³-hybridized carbons (Fsp3) is 0.690. The van der Waals surface area contributed by atoms with Crippen LogP contribution in [0.5, 0.6) is 5.75 Å². The monoisotopic (exact) mass is 721 g/mol. The highest BCUT2D eigenvalue weighted by Gasteiger charge is 2.51. The van der Waals surface area contributed by atoms with Gasteiger partial charge in [0.2, 0.25) is 5.91 Å². The van der Waals surface area contributed by atoms with Crippen LogP contribution in [-0.4, -0.2) is 87.2 Å². The van der Waals surface area contributed by atoms with Crippen molar-refractivity contribution in [2.75, 3.05) is 45.7 Å². The molecule has 9 atom stereocenters. The molecule has 0 aromatic heterocycles. The zero-order valence-corrected chi connectivity index (χ0v) is 33.4. The van der Waals surface area contributed by atoms with Gasteiger partial charge in [-0.15, -0.1) is 0 Å². The first-order valence-electron chi connectivity index (χ1n) is 19.8. The van der Waals surface area contributed by atoms with Gasteiger partial charge in [-0.05, 0) is 98.2 Å². The first kappa shape index (κ1) is 40.5. The summed E-state index contributed by atoms with van der Waals surface area (Å²) in [7, 11) is 5.83. The van der Waals surface area contributed by atoms with Gasteiger partial charge in [0.25, 0.3) is 0 Å². The summed E-state index contributed by atoms with van der Waals surface area (Å²) in [5.41, 5.74) is 11.6. The van der Waals surface area contributed by atoms with Crippen molar-refractivity contribution in [1.29, 1.82) is 0 Å². The number of hydrogen-bond acceptors (Lipinski definition) is 9. The Morgan fingerprint density at radius 3 is 2.62 bits per heavy atom. The zero-order chi connectivity index (χ0) is 37.7. The van der Waals surface area contributed by atoms with E-state index in [1.807, 2.05) is 12.1 Å². The molecule has 3 aliphatic rings. The van der Waals surface area contributed by atoms with E-state index in [1.165, 1.54) is 24.8 Å². The lowest BCUT2D eigenvalue weighted by Gasteiger charge is -2.50. The Morgan fingerprint density at radius 2 is 1.96 bits per heavy atom. The number of nitrogens with zero attached hydrogens (tertiary/aromatic N) is 2. The van der Waals surface area contributed by atoms with Gasteiger partial charge in [-0.25, -0.2) is 0 Å². The molecule has 1 saturated carbocycles. The average molecular weight is 721 g/mol. The van der Waals surface area contributed by atoms with Gasteiger partial charge in [0, 0.05) is 62.0 Å². The van der Waals surface area contributed by atoms with Crippen molar-refractivity contribution in [3.63, 3.8) is 0 Å². The number of aliphatic hydroxyl groups is 1. The zero-order valence-electron chi connectivity index (χ0n) is 33.4. The van der Waals surface area contributed by atoms with Crippen LogP contribution in [-0.2, 0) is 22.7 Å². The molecule has 2 saturated heterocycles. The van der Waals surface area contributed by atoms with Crippen LogP contribution in [0.3, 0.4) is 0 Å². The Labute approximate surface area is 313 Å². The van der Waals surface area contributed by atoms with Gasteiger partial charge >= 0.3 is 0 Å². The van der Waals surface area contributed by atoms with Crippen molar-refractivity contribution in [2.45, 2.75) is 117 Å². The molecular weight excluding hydrogens is 652 g/mol. The van der Waals surface area contributed by atoms with E-state index in [0.29, 0.717) is 30.3 Å². The minimum Gasteiger partial charge on any atom is -0.496 e. The number of methoxy groups -OCH3 is 1. The fourth-order valence-electron chi connectivity index (χ4n) is 8.97. The van der Waals surface area contributed by atoms with E-state index < -0.39 is 24.2 Å². The van der Waals surface area contributed by atoms with E-state index in [1.54, 1.807) is 19.1 Å². The third-order valence-corrected chi connectivity index (χ3v) is 13.1. The molecule has 2 aliphatic heterocycles. The number of rotatable bonds is 14. The lowest BCUT2D eigenvalue weighted by molar-refractivity contribution is -0.174. The maximum absolute atomic E-state index is 14.4. The fourth-order valence-corrected chi connectivity index (χ4v) is 8.97. The second kappa shape index (κ2) is 17.6. The molecule has 1 aliphatic carbocycles. The second-order valence-electron chi connectivity index (χ2n) is 16.8. The quantitative estimate of drug-likeness (QED) is 0.165. The lowest BCUT2D eigenvalue weighted by atomic mass is 9.58. The highest BCUT2D eigenvalue weighted by molar-refractivity contribution is 5.83. The number of carbonyl (C=O) groups is 1. The number of benzene rings is 2. The summed E-state index contributed by atoms with van der Waals surface area (Å²) >= 11 is 0. The van der Waals surface area contributed by atoms with Crippen LogP contribution in [0.1, 0.15) is 84.8 Å². The smallest absolute Gasteiger partial charge is 0.240 e. The molecule has 5 rings (SSSR count). The van der Waals surface area contributed by atoms with E-state index >= 15 is 0 Å². The summed E-state index contributed by atoms with van der Waals surface area (Å²) in [4.78, 5) is 22.9. The molecule has 1 unspecified atom stereocenters. The predicted octanol–water partition coefficient (Wildman–Crippen LogP) is 5.31. The number of amides is 1. The van der Waals surface area contributed by atoms with Gasteiger partial charge in [0.1, 0.15) is 11.8 Å². The Morgan fingerprint density at radius 1 is 1.19 bits per heavy atom. The van der Waals surface area contributed by atoms with Crippen molar-refractivity contribution in [3.05, 3.63) is 47.5 Å². The molecule has 0 spiro atoms. The maximum Gasteiger partial charge on any atom is 0.240 e. The van der Waals surface area contributed by atoms with Crippen molar-refractivity contribution in [2.24, 2.45) is 34.8 Å². The van der Waals surface area contributed by atoms with Crippen LogP contribution in [0.2, 0.25) is 0 Å². The maximum atomic E-state index is 14.4. The highest BCUT2D eigenvalue weighted by Crippen LogP contribution is 2.47. The highest BCUT2D eigenvalue weighted by atomic mass is 16.7. The minimum absolute atomic E-state index is 0.0356. The molecule has 52 heavy (non-hydrogen) atoms. The molecule has 3 fully saturated rings. The summed E-state index contributed by atoms with van der Waals surface area (Å²) in [5, 5.41) is 23.5. The second-order valence-corrected chi connectivity index (χ2v) is 16.8. The number of hydrogen-bond donors (Lipinski definition) is 5. The van der Waals surface area contributed by atoms with Gasteiger partial charge in [-0.1, -0.05) is 59.2 Å². The van der Waals surface area contributed by atoms with Gasteiger partial charge < -0.3 is 36.4 Å².